The highest BCUT2D eigenvalue weighted by Gasteiger charge is 2.34. The van der Waals surface area contributed by atoms with Gasteiger partial charge in [-0.3, -0.25) is 4.79 Å². The van der Waals surface area contributed by atoms with E-state index in [1.165, 1.54) is 6.92 Å². The Bertz CT molecular complexity index is 182. The lowest BCUT2D eigenvalue weighted by molar-refractivity contribution is -0.198. The third kappa shape index (κ3) is 4.04. The summed E-state index contributed by atoms with van der Waals surface area (Å²) in [5, 5.41) is 18.6. The highest BCUT2D eigenvalue weighted by molar-refractivity contribution is 5.65. The van der Waals surface area contributed by atoms with Crippen LogP contribution < -0.4 is 0 Å². The first-order valence-corrected chi connectivity index (χ1v) is 4.50. The zero-order valence-corrected chi connectivity index (χ0v) is 8.82. The molecule has 0 amide bonds. The van der Waals surface area contributed by atoms with Gasteiger partial charge in [0.25, 0.3) is 0 Å². The second-order valence-corrected chi connectivity index (χ2v) is 3.40. The molecule has 0 aromatic rings. The molecule has 0 bridgehead atoms. The summed E-state index contributed by atoms with van der Waals surface area (Å²) in [6.07, 6.45) is -1.14. The lowest BCUT2D eigenvalue weighted by Crippen LogP contribution is -2.42. The minimum atomic E-state index is -1.14. The highest BCUT2D eigenvalue weighted by atomic mass is 16.6. The summed E-state index contributed by atoms with van der Waals surface area (Å²) < 4.78 is 9.66. The maximum atomic E-state index is 10.6. The zero-order valence-electron chi connectivity index (χ0n) is 8.82. The number of hydrogen-bond donors (Lipinski definition) is 2. The molecular weight excluding hydrogens is 188 g/mol. The Morgan fingerprint density at radius 2 is 2.14 bits per heavy atom. The van der Waals surface area contributed by atoms with E-state index in [1.54, 1.807) is 13.8 Å². The number of carbonyl (C=O) groups is 1. The van der Waals surface area contributed by atoms with Crippen molar-refractivity contribution >= 4 is 5.97 Å². The smallest absolute Gasteiger partial charge is 0.302 e. The second-order valence-electron chi connectivity index (χ2n) is 3.40. The predicted molar refractivity (Wildman–Crippen MR) is 49.5 cm³/mol. The van der Waals surface area contributed by atoms with Gasteiger partial charge in [-0.2, -0.15) is 0 Å². The van der Waals surface area contributed by atoms with E-state index in [1.807, 2.05) is 0 Å². The molecule has 5 heteroatoms. The first-order valence-electron chi connectivity index (χ1n) is 4.50. The van der Waals surface area contributed by atoms with Crippen molar-refractivity contribution in [2.24, 2.45) is 5.41 Å². The predicted octanol–water partition coefficient (Wildman–Crippen LogP) is -0.0970. The van der Waals surface area contributed by atoms with Crippen LogP contribution >= 0.6 is 0 Å². The Hall–Kier alpha value is -0.650. The van der Waals surface area contributed by atoms with Gasteiger partial charge < -0.3 is 19.7 Å². The molecule has 0 aromatic carbocycles. The molecule has 0 saturated carbocycles. The van der Waals surface area contributed by atoms with E-state index in [9.17, 15) is 9.90 Å². The van der Waals surface area contributed by atoms with Gasteiger partial charge in [-0.25, -0.2) is 0 Å². The van der Waals surface area contributed by atoms with Crippen molar-refractivity contribution in [3.8, 4) is 0 Å². The molecule has 0 spiro atoms. The number of ether oxygens (including phenoxy) is 2. The molecule has 0 aliphatic carbocycles. The van der Waals surface area contributed by atoms with Crippen molar-refractivity contribution in [3.05, 3.63) is 0 Å². The van der Waals surface area contributed by atoms with Crippen LogP contribution in [0.25, 0.3) is 0 Å². The molecule has 5 nitrogen and oxygen atoms in total. The fraction of sp³-hybridized carbons (Fsp3) is 0.889. The first kappa shape index (κ1) is 13.4. The second kappa shape index (κ2) is 5.95. The van der Waals surface area contributed by atoms with Crippen molar-refractivity contribution in [2.75, 3.05) is 19.8 Å². The third-order valence-electron chi connectivity index (χ3n) is 1.89. The maximum Gasteiger partial charge on any atom is 0.302 e. The van der Waals surface area contributed by atoms with Crippen LogP contribution in [0.2, 0.25) is 0 Å². The third-order valence-corrected chi connectivity index (χ3v) is 1.89. The van der Waals surface area contributed by atoms with Gasteiger partial charge in [0, 0.05) is 13.5 Å². The van der Waals surface area contributed by atoms with Crippen LogP contribution in [0, 0.1) is 5.41 Å². The molecule has 0 aliphatic rings. The van der Waals surface area contributed by atoms with Crippen LogP contribution in [-0.4, -0.2) is 42.3 Å². The Balaban J connectivity index is 4.22. The molecule has 0 rings (SSSR count). The summed E-state index contributed by atoms with van der Waals surface area (Å²) in [5.74, 6) is -0.451. The molecule has 0 aromatic heterocycles. The van der Waals surface area contributed by atoms with Crippen molar-refractivity contribution in [3.63, 3.8) is 0 Å². The molecule has 2 unspecified atom stereocenters. The van der Waals surface area contributed by atoms with E-state index in [0.29, 0.717) is 6.61 Å². The van der Waals surface area contributed by atoms with Gasteiger partial charge in [0.1, 0.15) is 6.61 Å². The average molecular weight is 206 g/mol. The molecule has 0 fully saturated rings. The van der Waals surface area contributed by atoms with E-state index in [2.05, 4.69) is 0 Å². The van der Waals surface area contributed by atoms with Gasteiger partial charge in [0.15, 0.2) is 6.29 Å². The Morgan fingerprint density at radius 1 is 1.57 bits per heavy atom. The first-order chi connectivity index (χ1) is 6.46. The maximum absolute atomic E-state index is 10.6. The topological polar surface area (TPSA) is 76.0 Å². The van der Waals surface area contributed by atoms with Gasteiger partial charge in [0.05, 0.1) is 12.0 Å². The highest BCUT2D eigenvalue weighted by Crippen LogP contribution is 2.22. The summed E-state index contributed by atoms with van der Waals surface area (Å²) in [6, 6.07) is 0. The van der Waals surface area contributed by atoms with E-state index >= 15 is 0 Å². The molecule has 0 radical (unpaired) electrons. The Morgan fingerprint density at radius 3 is 2.50 bits per heavy atom. The van der Waals surface area contributed by atoms with Gasteiger partial charge in [-0.15, -0.1) is 0 Å². The zero-order chi connectivity index (χ0) is 11.2. The number of aliphatic hydroxyl groups excluding tert-OH is 2. The number of hydrogen-bond acceptors (Lipinski definition) is 5. The van der Waals surface area contributed by atoms with E-state index in [4.69, 9.17) is 14.6 Å². The SMILES string of the molecule is CCOC(O)C(C)(CO)COC(C)=O. The minimum Gasteiger partial charge on any atom is -0.465 e. The number of aliphatic hydroxyl groups is 2. The van der Waals surface area contributed by atoms with Gasteiger partial charge in [-0.1, -0.05) is 0 Å². The Kier molecular flexibility index (Phi) is 5.68. The lowest BCUT2D eigenvalue weighted by atomic mass is 9.92. The summed E-state index contributed by atoms with van der Waals surface area (Å²) in [6.45, 7) is 4.52. The van der Waals surface area contributed by atoms with Gasteiger partial charge in [0.2, 0.25) is 0 Å². The van der Waals surface area contributed by atoms with E-state index < -0.39 is 17.7 Å². The lowest BCUT2D eigenvalue weighted by Gasteiger charge is -2.31. The van der Waals surface area contributed by atoms with Crippen LogP contribution in [-0.2, 0) is 14.3 Å². The summed E-state index contributed by atoms with van der Waals surface area (Å²) in [7, 11) is 0. The van der Waals surface area contributed by atoms with Gasteiger partial charge >= 0.3 is 5.97 Å². The number of carbonyl (C=O) groups excluding carboxylic acids is 1. The van der Waals surface area contributed by atoms with Crippen LogP contribution in [0.15, 0.2) is 0 Å². The fourth-order valence-corrected chi connectivity index (χ4v) is 0.821. The summed E-state index contributed by atoms with van der Waals surface area (Å²) in [4.78, 5) is 10.6. The number of rotatable bonds is 6. The normalized spacial score (nSPS) is 17.2. The van der Waals surface area contributed by atoms with Crippen LogP contribution in [0.1, 0.15) is 20.8 Å². The average Bonchev–Trinajstić information content (AvgIpc) is 2.14. The number of esters is 1. The molecule has 0 heterocycles. The quantitative estimate of drug-likeness (QED) is 0.469. The Labute approximate surface area is 83.6 Å². The molecule has 0 saturated heterocycles. The van der Waals surface area contributed by atoms with Crippen LogP contribution in [0.4, 0.5) is 0 Å². The molecule has 0 aliphatic heterocycles. The molecule has 84 valence electrons. The van der Waals surface area contributed by atoms with Crippen molar-refractivity contribution in [2.45, 2.75) is 27.1 Å². The molecule has 14 heavy (non-hydrogen) atoms. The standard InChI is InChI=1S/C9H18O5/c1-4-13-8(12)9(3,5-10)6-14-7(2)11/h8,10,12H,4-6H2,1-3H3. The summed E-state index contributed by atoms with van der Waals surface area (Å²) >= 11 is 0. The largest absolute Gasteiger partial charge is 0.465 e. The van der Waals surface area contributed by atoms with E-state index in [0.717, 1.165) is 0 Å². The fourth-order valence-electron chi connectivity index (χ4n) is 0.821. The summed E-state index contributed by atoms with van der Waals surface area (Å²) in [5.41, 5.74) is -0.971. The van der Waals surface area contributed by atoms with Crippen LogP contribution in [0.5, 0.6) is 0 Å². The molecular formula is C9H18O5. The minimum absolute atomic E-state index is 0.0694. The van der Waals surface area contributed by atoms with Gasteiger partial charge in [-0.05, 0) is 13.8 Å². The van der Waals surface area contributed by atoms with E-state index in [-0.39, 0.29) is 13.2 Å². The van der Waals surface area contributed by atoms with Crippen molar-refractivity contribution in [1.29, 1.82) is 0 Å². The molecule has 2 atom stereocenters. The van der Waals surface area contributed by atoms with Crippen molar-refractivity contribution in [1.82, 2.24) is 0 Å². The monoisotopic (exact) mass is 206 g/mol. The van der Waals surface area contributed by atoms with Crippen molar-refractivity contribution < 1.29 is 24.5 Å². The molecule has 2 N–H and O–H groups in total. The van der Waals surface area contributed by atoms with Crippen LogP contribution in [0.3, 0.4) is 0 Å².